The van der Waals surface area contributed by atoms with Crippen molar-refractivity contribution in [2.75, 3.05) is 57.9 Å². The molecule has 0 bridgehead atoms. The summed E-state index contributed by atoms with van der Waals surface area (Å²) in [5.41, 5.74) is 0. The summed E-state index contributed by atoms with van der Waals surface area (Å²) in [6.07, 6.45) is 1.86. The molecule has 0 spiro atoms. The molecule has 2 heterocycles. The molecule has 1 fully saturated rings. The molecule has 1 aliphatic rings. The molecule has 2 rings (SSSR count). The second kappa shape index (κ2) is 8.19. The maximum atomic E-state index is 5.36. The van der Waals surface area contributed by atoms with Gasteiger partial charge in [-0.3, -0.25) is 4.90 Å². The molecule has 0 radical (unpaired) electrons. The second-order valence-corrected chi connectivity index (χ2v) is 5.13. The molecule has 1 unspecified atom stereocenters. The van der Waals surface area contributed by atoms with Crippen LogP contribution >= 0.6 is 0 Å². The Balaban J connectivity index is 1.85. The third-order valence-corrected chi connectivity index (χ3v) is 3.79. The lowest BCUT2D eigenvalue weighted by molar-refractivity contribution is 0.0854. The normalized spacial score (nSPS) is 18.2. The number of likely N-dealkylation sites (N-methyl/N-ethyl adjacent to an activating group) is 1. The molecular formula is C15H26N4O. The molecule has 20 heavy (non-hydrogen) atoms. The summed E-state index contributed by atoms with van der Waals surface area (Å²) in [7, 11) is 1.78. The standard InChI is InChI=1S/C15H26N4O/c1-3-16-12-14(13-20-2)18-8-10-19(11-9-18)15-6-4-5-7-17-15/h4-7,14,16H,3,8-13H2,1-2H3. The van der Waals surface area contributed by atoms with Crippen molar-refractivity contribution in [3.63, 3.8) is 0 Å². The van der Waals surface area contributed by atoms with Crippen molar-refractivity contribution >= 4 is 5.82 Å². The first-order chi connectivity index (χ1) is 9.85. The van der Waals surface area contributed by atoms with Gasteiger partial charge in [0.1, 0.15) is 5.82 Å². The van der Waals surface area contributed by atoms with Gasteiger partial charge in [-0.2, -0.15) is 0 Å². The number of rotatable bonds is 7. The third-order valence-electron chi connectivity index (χ3n) is 3.79. The molecule has 0 aliphatic carbocycles. The number of aromatic nitrogens is 1. The minimum absolute atomic E-state index is 0.464. The van der Waals surface area contributed by atoms with Crippen LogP contribution in [0.3, 0.4) is 0 Å². The number of anilines is 1. The van der Waals surface area contributed by atoms with Gasteiger partial charge in [0.2, 0.25) is 0 Å². The van der Waals surface area contributed by atoms with Crippen LogP contribution in [0.1, 0.15) is 6.92 Å². The molecule has 0 amide bonds. The summed E-state index contributed by atoms with van der Waals surface area (Å²) in [6, 6.07) is 6.56. The number of nitrogens with zero attached hydrogens (tertiary/aromatic N) is 3. The Morgan fingerprint density at radius 2 is 2.10 bits per heavy atom. The highest BCUT2D eigenvalue weighted by molar-refractivity contribution is 5.38. The quantitative estimate of drug-likeness (QED) is 0.800. The highest BCUT2D eigenvalue weighted by Gasteiger charge is 2.23. The summed E-state index contributed by atoms with van der Waals surface area (Å²) in [5.74, 6) is 1.09. The second-order valence-electron chi connectivity index (χ2n) is 5.13. The minimum Gasteiger partial charge on any atom is -0.383 e. The Kier molecular flexibility index (Phi) is 6.24. The van der Waals surface area contributed by atoms with Gasteiger partial charge in [-0.1, -0.05) is 13.0 Å². The zero-order valence-electron chi connectivity index (χ0n) is 12.6. The molecule has 1 aliphatic heterocycles. The van der Waals surface area contributed by atoms with E-state index in [1.54, 1.807) is 7.11 Å². The van der Waals surface area contributed by atoms with Gasteiger partial charge in [-0.15, -0.1) is 0 Å². The number of hydrogen-bond acceptors (Lipinski definition) is 5. The maximum Gasteiger partial charge on any atom is 0.128 e. The predicted molar refractivity (Wildman–Crippen MR) is 82.2 cm³/mol. The van der Waals surface area contributed by atoms with E-state index in [4.69, 9.17) is 4.74 Å². The van der Waals surface area contributed by atoms with E-state index >= 15 is 0 Å². The van der Waals surface area contributed by atoms with Crippen molar-refractivity contribution in [3.8, 4) is 0 Å². The van der Waals surface area contributed by atoms with E-state index in [9.17, 15) is 0 Å². The molecule has 0 aromatic carbocycles. The molecule has 1 aromatic heterocycles. The fourth-order valence-electron chi connectivity index (χ4n) is 2.65. The first-order valence-electron chi connectivity index (χ1n) is 7.44. The van der Waals surface area contributed by atoms with Crippen LogP contribution in [0.15, 0.2) is 24.4 Å². The van der Waals surface area contributed by atoms with Gasteiger partial charge < -0.3 is 15.0 Å². The van der Waals surface area contributed by atoms with Crippen molar-refractivity contribution in [2.45, 2.75) is 13.0 Å². The predicted octanol–water partition coefficient (Wildman–Crippen LogP) is 0.828. The van der Waals surface area contributed by atoms with Crippen molar-refractivity contribution < 1.29 is 4.74 Å². The maximum absolute atomic E-state index is 5.36. The first-order valence-corrected chi connectivity index (χ1v) is 7.44. The molecular weight excluding hydrogens is 252 g/mol. The third kappa shape index (κ3) is 4.16. The number of nitrogens with one attached hydrogen (secondary N) is 1. The average molecular weight is 278 g/mol. The molecule has 112 valence electrons. The van der Waals surface area contributed by atoms with Crippen molar-refractivity contribution in [1.82, 2.24) is 15.2 Å². The summed E-state index contributed by atoms with van der Waals surface area (Å²) >= 11 is 0. The fourth-order valence-corrected chi connectivity index (χ4v) is 2.65. The van der Waals surface area contributed by atoms with Gasteiger partial charge >= 0.3 is 0 Å². The summed E-state index contributed by atoms with van der Waals surface area (Å²) < 4.78 is 5.36. The first kappa shape index (κ1) is 15.2. The Morgan fingerprint density at radius 3 is 2.70 bits per heavy atom. The van der Waals surface area contributed by atoms with E-state index in [1.165, 1.54) is 0 Å². The van der Waals surface area contributed by atoms with Crippen molar-refractivity contribution in [1.29, 1.82) is 0 Å². The van der Waals surface area contributed by atoms with Crippen LogP contribution in [-0.4, -0.2) is 68.9 Å². The van der Waals surface area contributed by atoms with E-state index in [0.29, 0.717) is 6.04 Å². The van der Waals surface area contributed by atoms with Crippen LogP contribution in [0.5, 0.6) is 0 Å². The molecule has 1 aromatic rings. The van der Waals surface area contributed by atoms with Gasteiger partial charge in [-0.25, -0.2) is 4.98 Å². The average Bonchev–Trinajstić information content (AvgIpc) is 2.52. The van der Waals surface area contributed by atoms with Gasteiger partial charge in [0.15, 0.2) is 0 Å². The molecule has 5 nitrogen and oxygen atoms in total. The lowest BCUT2D eigenvalue weighted by atomic mass is 10.2. The summed E-state index contributed by atoms with van der Waals surface area (Å²) in [6.45, 7) is 9.13. The Bertz CT molecular complexity index is 365. The van der Waals surface area contributed by atoms with E-state index in [-0.39, 0.29) is 0 Å². The van der Waals surface area contributed by atoms with Crippen molar-refractivity contribution in [2.24, 2.45) is 0 Å². The van der Waals surface area contributed by atoms with Gasteiger partial charge in [0, 0.05) is 52.1 Å². The van der Waals surface area contributed by atoms with Crippen LogP contribution < -0.4 is 10.2 Å². The number of methoxy groups -OCH3 is 1. The molecule has 5 heteroatoms. The van der Waals surface area contributed by atoms with Gasteiger partial charge in [0.05, 0.1) is 6.61 Å². The highest BCUT2D eigenvalue weighted by Crippen LogP contribution is 2.14. The van der Waals surface area contributed by atoms with Crippen LogP contribution in [0, 0.1) is 0 Å². The van der Waals surface area contributed by atoms with Crippen molar-refractivity contribution in [3.05, 3.63) is 24.4 Å². The number of hydrogen-bond donors (Lipinski definition) is 1. The largest absolute Gasteiger partial charge is 0.383 e. The number of ether oxygens (including phenoxy) is 1. The minimum atomic E-state index is 0.464. The fraction of sp³-hybridized carbons (Fsp3) is 0.667. The van der Waals surface area contributed by atoms with Gasteiger partial charge in [0.25, 0.3) is 0 Å². The van der Waals surface area contributed by atoms with E-state index in [2.05, 4.69) is 33.1 Å². The lowest BCUT2D eigenvalue weighted by Crippen LogP contribution is -2.54. The lowest BCUT2D eigenvalue weighted by Gasteiger charge is -2.39. The zero-order valence-corrected chi connectivity index (χ0v) is 12.6. The monoisotopic (exact) mass is 278 g/mol. The van der Waals surface area contributed by atoms with Crippen LogP contribution in [-0.2, 0) is 4.74 Å². The van der Waals surface area contributed by atoms with E-state index in [1.807, 2.05) is 18.3 Å². The smallest absolute Gasteiger partial charge is 0.128 e. The van der Waals surface area contributed by atoms with Crippen LogP contribution in [0.2, 0.25) is 0 Å². The highest BCUT2D eigenvalue weighted by atomic mass is 16.5. The Hall–Kier alpha value is -1.17. The van der Waals surface area contributed by atoms with E-state index < -0.39 is 0 Å². The Morgan fingerprint density at radius 1 is 1.30 bits per heavy atom. The molecule has 0 saturated carbocycles. The van der Waals surface area contributed by atoms with Crippen LogP contribution in [0.25, 0.3) is 0 Å². The number of pyridine rings is 1. The summed E-state index contributed by atoms with van der Waals surface area (Å²) in [5, 5.41) is 3.43. The molecule has 1 atom stereocenters. The SMILES string of the molecule is CCNCC(COC)N1CCN(c2ccccn2)CC1. The van der Waals surface area contributed by atoms with Gasteiger partial charge in [-0.05, 0) is 18.7 Å². The number of piperazine rings is 1. The van der Waals surface area contributed by atoms with E-state index in [0.717, 1.165) is 51.7 Å². The Labute approximate surface area is 121 Å². The van der Waals surface area contributed by atoms with Crippen LogP contribution in [0.4, 0.5) is 5.82 Å². The topological polar surface area (TPSA) is 40.6 Å². The summed E-state index contributed by atoms with van der Waals surface area (Å²) in [4.78, 5) is 9.30. The molecule has 1 saturated heterocycles. The zero-order chi connectivity index (χ0) is 14.2. The molecule has 1 N–H and O–H groups in total.